The Bertz CT molecular complexity index is 383. The van der Waals surface area contributed by atoms with E-state index in [4.69, 9.17) is 0 Å². The van der Waals surface area contributed by atoms with Crippen LogP contribution in [0.1, 0.15) is 36.0 Å². The average molecular weight is 219 g/mol. The Kier molecular flexibility index (Phi) is 4.11. The molecule has 0 aliphatic carbocycles. The molecule has 0 saturated heterocycles. The third kappa shape index (κ3) is 2.63. The lowest BCUT2D eigenvalue weighted by Gasteiger charge is -2.20. The number of aryl methyl sites for hydroxylation is 1. The summed E-state index contributed by atoms with van der Waals surface area (Å²) in [6.45, 7) is 6.36. The van der Waals surface area contributed by atoms with Crippen molar-refractivity contribution in [2.45, 2.75) is 33.1 Å². The maximum absolute atomic E-state index is 10.5. The average Bonchev–Trinajstić information content (AvgIpc) is 2.21. The Balaban J connectivity index is 3.18. The molecule has 16 heavy (non-hydrogen) atoms. The highest BCUT2D eigenvalue weighted by Gasteiger charge is 2.10. The maximum atomic E-state index is 10.5. The molecule has 0 aliphatic heterocycles. The Hall–Kier alpha value is -1.31. The largest absolute Gasteiger partial charge is 0.377 e. The van der Waals surface area contributed by atoms with Gasteiger partial charge in [-0.1, -0.05) is 13.0 Å². The molecular formula is C14H21NO. The molecule has 2 heteroatoms. The molecule has 1 rings (SSSR count). The Labute approximate surface area is 98.3 Å². The molecule has 0 saturated carbocycles. The molecule has 0 aromatic heterocycles. The van der Waals surface area contributed by atoms with Gasteiger partial charge in [-0.25, -0.2) is 0 Å². The normalized spacial score (nSPS) is 12.3. The van der Waals surface area contributed by atoms with Gasteiger partial charge in [0.25, 0.3) is 0 Å². The molecule has 0 heterocycles. The minimum absolute atomic E-state index is 0.301. The standard InChI is InChI=1S/C14H21NO/c1-10(6-7-16)13-8-11(2)12(3)14(9-13)15(4)5/h7-10H,6H2,1-5H3. The zero-order chi connectivity index (χ0) is 12.3. The second kappa shape index (κ2) is 5.15. The maximum Gasteiger partial charge on any atom is 0.120 e. The number of carbonyl (C=O) groups is 1. The van der Waals surface area contributed by atoms with E-state index in [1.807, 2.05) is 0 Å². The fourth-order valence-electron chi connectivity index (χ4n) is 1.90. The van der Waals surface area contributed by atoms with Crippen LogP contribution in [0, 0.1) is 13.8 Å². The SMILES string of the molecule is Cc1cc(C(C)CC=O)cc(N(C)C)c1C. The molecule has 88 valence electrons. The van der Waals surface area contributed by atoms with Gasteiger partial charge in [0, 0.05) is 26.2 Å². The van der Waals surface area contributed by atoms with Crippen molar-refractivity contribution in [1.29, 1.82) is 0 Å². The molecule has 0 aliphatic rings. The number of carbonyl (C=O) groups excluding carboxylic acids is 1. The lowest BCUT2D eigenvalue weighted by atomic mass is 9.93. The third-order valence-corrected chi connectivity index (χ3v) is 3.16. The summed E-state index contributed by atoms with van der Waals surface area (Å²) in [5.41, 5.74) is 5.10. The third-order valence-electron chi connectivity index (χ3n) is 3.16. The minimum Gasteiger partial charge on any atom is -0.377 e. The van der Waals surface area contributed by atoms with Crippen LogP contribution in [-0.4, -0.2) is 20.4 Å². The van der Waals surface area contributed by atoms with Crippen molar-refractivity contribution in [3.05, 3.63) is 28.8 Å². The number of anilines is 1. The summed E-state index contributed by atoms with van der Waals surface area (Å²) in [5, 5.41) is 0. The van der Waals surface area contributed by atoms with Gasteiger partial charge in [-0.3, -0.25) is 0 Å². The molecule has 0 bridgehead atoms. The van der Waals surface area contributed by atoms with Crippen molar-refractivity contribution >= 4 is 12.0 Å². The van der Waals surface area contributed by atoms with Crippen molar-refractivity contribution in [3.63, 3.8) is 0 Å². The van der Waals surface area contributed by atoms with E-state index < -0.39 is 0 Å². The van der Waals surface area contributed by atoms with Crippen molar-refractivity contribution in [1.82, 2.24) is 0 Å². The first-order chi connectivity index (χ1) is 7.47. The number of hydrogen-bond acceptors (Lipinski definition) is 2. The predicted molar refractivity (Wildman–Crippen MR) is 69.3 cm³/mol. The smallest absolute Gasteiger partial charge is 0.120 e. The summed E-state index contributed by atoms with van der Waals surface area (Å²) >= 11 is 0. The highest BCUT2D eigenvalue weighted by molar-refractivity contribution is 5.59. The van der Waals surface area contributed by atoms with E-state index in [9.17, 15) is 4.79 Å². The van der Waals surface area contributed by atoms with E-state index in [1.165, 1.54) is 22.4 Å². The van der Waals surface area contributed by atoms with Gasteiger partial charge < -0.3 is 9.69 Å². The Morgan fingerprint density at radius 3 is 2.44 bits per heavy atom. The molecule has 0 spiro atoms. The summed E-state index contributed by atoms with van der Waals surface area (Å²) in [6.07, 6.45) is 1.59. The van der Waals surface area contributed by atoms with Crippen LogP contribution in [0.4, 0.5) is 5.69 Å². The summed E-state index contributed by atoms with van der Waals surface area (Å²) in [6, 6.07) is 4.38. The van der Waals surface area contributed by atoms with Gasteiger partial charge in [-0.15, -0.1) is 0 Å². The van der Waals surface area contributed by atoms with Gasteiger partial charge in [0.05, 0.1) is 0 Å². The van der Waals surface area contributed by atoms with E-state index in [0.717, 1.165) is 6.29 Å². The molecular weight excluding hydrogens is 198 g/mol. The van der Waals surface area contributed by atoms with Crippen LogP contribution in [0.2, 0.25) is 0 Å². The van der Waals surface area contributed by atoms with Crippen LogP contribution < -0.4 is 4.90 Å². The van der Waals surface area contributed by atoms with Crippen LogP contribution in [0.5, 0.6) is 0 Å². The molecule has 0 N–H and O–H groups in total. The van der Waals surface area contributed by atoms with Gasteiger partial charge >= 0.3 is 0 Å². The molecule has 1 unspecified atom stereocenters. The number of nitrogens with zero attached hydrogens (tertiary/aromatic N) is 1. The van der Waals surface area contributed by atoms with Crippen molar-refractivity contribution in [2.75, 3.05) is 19.0 Å². The lowest BCUT2D eigenvalue weighted by molar-refractivity contribution is -0.108. The molecule has 1 aromatic rings. The molecule has 0 amide bonds. The quantitative estimate of drug-likeness (QED) is 0.725. The Morgan fingerprint density at radius 2 is 1.94 bits per heavy atom. The van der Waals surface area contributed by atoms with Crippen LogP contribution in [0.3, 0.4) is 0 Å². The van der Waals surface area contributed by atoms with E-state index >= 15 is 0 Å². The lowest BCUT2D eigenvalue weighted by Crippen LogP contribution is -2.12. The van der Waals surface area contributed by atoms with E-state index in [2.05, 4.69) is 51.9 Å². The number of aldehydes is 1. The summed E-state index contributed by atoms with van der Waals surface area (Å²) < 4.78 is 0. The van der Waals surface area contributed by atoms with Gasteiger partial charge in [-0.2, -0.15) is 0 Å². The van der Waals surface area contributed by atoms with Crippen molar-refractivity contribution in [2.24, 2.45) is 0 Å². The van der Waals surface area contributed by atoms with Crippen molar-refractivity contribution < 1.29 is 4.79 Å². The first-order valence-corrected chi connectivity index (χ1v) is 5.69. The summed E-state index contributed by atoms with van der Waals surface area (Å²) in [4.78, 5) is 12.7. The fourth-order valence-corrected chi connectivity index (χ4v) is 1.90. The van der Waals surface area contributed by atoms with Gasteiger partial charge in [0.1, 0.15) is 6.29 Å². The number of hydrogen-bond donors (Lipinski definition) is 0. The highest BCUT2D eigenvalue weighted by atomic mass is 16.1. The molecule has 2 nitrogen and oxygen atoms in total. The molecule has 1 atom stereocenters. The topological polar surface area (TPSA) is 20.3 Å². The zero-order valence-corrected chi connectivity index (χ0v) is 10.9. The van der Waals surface area contributed by atoms with Crippen LogP contribution in [-0.2, 0) is 4.79 Å². The molecule has 0 fully saturated rings. The molecule has 0 radical (unpaired) electrons. The Morgan fingerprint density at radius 1 is 1.31 bits per heavy atom. The van der Waals surface area contributed by atoms with E-state index in [0.29, 0.717) is 12.3 Å². The first-order valence-electron chi connectivity index (χ1n) is 5.69. The van der Waals surface area contributed by atoms with E-state index in [-0.39, 0.29) is 0 Å². The van der Waals surface area contributed by atoms with Gasteiger partial charge in [-0.05, 0) is 42.5 Å². The fraction of sp³-hybridized carbons (Fsp3) is 0.500. The molecule has 1 aromatic carbocycles. The zero-order valence-electron chi connectivity index (χ0n) is 10.9. The van der Waals surface area contributed by atoms with Crippen LogP contribution in [0.15, 0.2) is 12.1 Å². The highest BCUT2D eigenvalue weighted by Crippen LogP contribution is 2.28. The van der Waals surface area contributed by atoms with Crippen LogP contribution in [0.25, 0.3) is 0 Å². The summed E-state index contributed by atoms with van der Waals surface area (Å²) in [5.74, 6) is 0.301. The van der Waals surface area contributed by atoms with Gasteiger partial charge in [0.15, 0.2) is 0 Å². The van der Waals surface area contributed by atoms with Crippen molar-refractivity contribution in [3.8, 4) is 0 Å². The second-order valence-corrected chi connectivity index (χ2v) is 4.68. The van der Waals surface area contributed by atoms with Gasteiger partial charge in [0.2, 0.25) is 0 Å². The summed E-state index contributed by atoms with van der Waals surface area (Å²) in [7, 11) is 4.10. The predicted octanol–water partition coefficient (Wildman–Crippen LogP) is 3.06. The minimum atomic E-state index is 0.301. The number of rotatable bonds is 4. The van der Waals surface area contributed by atoms with E-state index in [1.54, 1.807) is 0 Å². The number of benzene rings is 1. The van der Waals surface area contributed by atoms with Crippen LogP contribution >= 0.6 is 0 Å². The first kappa shape index (κ1) is 12.8. The second-order valence-electron chi connectivity index (χ2n) is 4.68. The monoisotopic (exact) mass is 219 g/mol.